The summed E-state index contributed by atoms with van der Waals surface area (Å²) in [5.41, 5.74) is 1.49. The minimum atomic E-state index is -3.57. The number of likely N-dealkylation sites (tertiary alicyclic amines) is 1. The van der Waals surface area contributed by atoms with Crippen LogP contribution < -0.4 is 9.46 Å². The van der Waals surface area contributed by atoms with Gasteiger partial charge in [-0.25, -0.2) is 17.5 Å². The van der Waals surface area contributed by atoms with Crippen LogP contribution in [0.2, 0.25) is 0 Å². The van der Waals surface area contributed by atoms with E-state index < -0.39 is 15.8 Å². The van der Waals surface area contributed by atoms with Crippen molar-refractivity contribution in [2.45, 2.75) is 31.1 Å². The Morgan fingerprint density at radius 3 is 2.46 bits per heavy atom. The van der Waals surface area contributed by atoms with Crippen LogP contribution in [0.3, 0.4) is 0 Å². The van der Waals surface area contributed by atoms with Crippen molar-refractivity contribution in [2.75, 3.05) is 26.7 Å². The summed E-state index contributed by atoms with van der Waals surface area (Å²) in [6.45, 7) is 2.18. The van der Waals surface area contributed by atoms with Crippen molar-refractivity contribution >= 4 is 10.0 Å². The number of nitrogens with zero attached hydrogens (tertiary/aromatic N) is 1. The Labute approximate surface area is 166 Å². The first-order valence-corrected chi connectivity index (χ1v) is 11.2. The number of hydrogen-bond acceptors (Lipinski definition) is 4. The van der Waals surface area contributed by atoms with Crippen molar-refractivity contribution in [3.05, 3.63) is 65.5 Å². The molecule has 28 heavy (non-hydrogen) atoms. The molecule has 3 rings (SSSR count). The molecule has 0 bridgehead atoms. The molecule has 152 valence electrons. The summed E-state index contributed by atoms with van der Waals surface area (Å²) in [6.07, 6.45) is 3.43. The normalized spacial score (nSPS) is 16.6. The summed E-state index contributed by atoms with van der Waals surface area (Å²) in [5.74, 6) is 0.102. The van der Waals surface area contributed by atoms with E-state index in [1.54, 1.807) is 13.2 Å². The van der Waals surface area contributed by atoms with E-state index in [9.17, 15) is 12.8 Å². The molecular formula is C21H27FN2O3S. The zero-order chi connectivity index (χ0) is 20.0. The van der Waals surface area contributed by atoms with Crippen LogP contribution in [0.15, 0.2) is 48.5 Å². The third-order valence-electron chi connectivity index (χ3n) is 5.07. The van der Waals surface area contributed by atoms with Crippen LogP contribution in [-0.2, 0) is 15.8 Å². The zero-order valence-corrected chi connectivity index (χ0v) is 16.9. The molecule has 5 nitrogen and oxygen atoms in total. The van der Waals surface area contributed by atoms with Crippen LogP contribution in [0.4, 0.5) is 4.39 Å². The summed E-state index contributed by atoms with van der Waals surface area (Å²) in [6, 6.07) is 13.4. The third kappa shape index (κ3) is 5.77. The summed E-state index contributed by atoms with van der Waals surface area (Å²) in [4.78, 5) is 2.33. The maximum absolute atomic E-state index is 13.4. The number of ether oxygens (including phenoxy) is 1. The lowest BCUT2D eigenvalue weighted by molar-refractivity contribution is 0.164. The SMILES string of the molecule is COc1ccc(C(CNS(=O)(=O)Cc2cccc(F)c2)N2CCCCC2)cc1. The van der Waals surface area contributed by atoms with E-state index >= 15 is 0 Å². The number of sulfonamides is 1. The van der Waals surface area contributed by atoms with E-state index in [0.29, 0.717) is 5.56 Å². The first-order chi connectivity index (χ1) is 13.5. The Balaban J connectivity index is 1.72. The monoisotopic (exact) mass is 406 g/mol. The van der Waals surface area contributed by atoms with Crippen molar-refractivity contribution in [3.8, 4) is 5.75 Å². The fourth-order valence-electron chi connectivity index (χ4n) is 3.62. The van der Waals surface area contributed by atoms with Gasteiger partial charge in [0.05, 0.1) is 12.9 Å². The summed E-state index contributed by atoms with van der Waals surface area (Å²) < 4.78 is 46.4. The summed E-state index contributed by atoms with van der Waals surface area (Å²) in [7, 11) is -1.95. The van der Waals surface area contributed by atoms with E-state index in [1.807, 2.05) is 24.3 Å². The van der Waals surface area contributed by atoms with Crippen molar-refractivity contribution < 1.29 is 17.5 Å². The van der Waals surface area contributed by atoms with Gasteiger partial charge >= 0.3 is 0 Å². The molecule has 1 fully saturated rings. The number of rotatable bonds is 8. The molecule has 0 radical (unpaired) electrons. The van der Waals surface area contributed by atoms with Crippen molar-refractivity contribution in [1.29, 1.82) is 0 Å². The minimum Gasteiger partial charge on any atom is -0.497 e. The predicted molar refractivity (Wildman–Crippen MR) is 108 cm³/mol. The second-order valence-electron chi connectivity index (χ2n) is 7.12. The van der Waals surface area contributed by atoms with Gasteiger partial charge < -0.3 is 4.74 Å². The van der Waals surface area contributed by atoms with E-state index in [1.165, 1.54) is 24.6 Å². The topological polar surface area (TPSA) is 58.6 Å². The number of nitrogens with one attached hydrogen (secondary N) is 1. The molecule has 2 aromatic carbocycles. The lowest BCUT2D eigenvalue weighted by atomic mass is 10.0. The number of piperidine rings is 1. The molecule has 1 N–H and O–H groups in total. The minimum absolute atomic E-state index is 0.0477. The van der Waals surface area contributed by atoms with Crippen molar-refractivity contribution in [3.63, 3.8) is 0 Å². The Morgan fingerprint density at radius 1 is 1.11 bits per heavy atom. The Morgan fingerprint density at radius 2 is 1.82 bits per heavy atom. The maximum atomic E-state index is 13.4. The highest BCUT2D eigenvalue weighted by molar-refractivity contribution is 7.88. The van der Waals surface area contributed by atoms with Gasteiger partial charge in [0.15, 0.2) is 0 Å². The highest BCUT2D eigenvalue weighted by atomic mass is 32.2. The Bertz CT molecular complexity index is 865. The highest BCUT2D eigenvalue weighted by Crippen LogP contribution is 2.26. The number of hydrogen-bond donors (Lipinski definition) is 1. The molecule has 1 saturated heterocycles. The molecular weight excluding hydrogens is 379 g/mol. The van der Waals surface area contributed by atoms with Crippen LogP contribution in [0.5, 0.6) is 5.75 Å². The van der Waals surface area contributed by atoms with Crippen LogP contribution in [0, 0.1) is 5.82 Å². The summed E-state index contributed by atoms with van der Waals surface area (Å²) in [5, 5.41) is 0. The van der Waals surface area contributed by atoms with E-state index in [0.717, 1.165) is 37.2 Å². The molecule has 2 aromatic rings. The van der Waals surface area contributed by atoms with Gasteiger partial charge in [-0.2, -0.15) is 0 Å². The second kappa shape index (κ2) is 9.49. The molecule has 7 heteroatoms. The van der Waals surface area contributed by atoms with Gasteiger partial charge in [0, 0.05) is 12.6 Å². The van der Waals surface area contributed by atoms with Crippen LogP contribution in [0.25, 0.3) is 0 Å². The van der Waals surface area contributed by atoms with Gasteiger partial charge in [0.25, 0.3) is 0 Å². The molecule has 0 spiro atoms. The van der Waals surface area contributed by atoms with Gasteiger partial charge in [0.2, 0.25) is 10.0 Å². The molecule has 1 aliphatic rings. The molecule has 1 unspecified atom stereocenters. The highest BCUT2D eigenvalue weighted by Gasteiger charge is 2.24. The lowest BCUT2D eigenvalue weighted by Crippen LogP contribution is -2.40. The molecule has 1 aliphatic heterocycles. The quantitative estimate of drug-likeness (QED) is 0.729. The maximum Gasteiger partial charge on any atom is 0.215 e. The standard InChI is InChI=1S/C21H27FN2O3S/c1-27-20-10-8-18(9-11-20)21(24-12-3-2-4-13-24)15-23-28(25,26)16-17-6-5-7-19(22)14-17/h5-11,14,21,23H,2-4,12-13,15-16H2,1H3. The van der Waals surface area contributed by atoms with Crippen LogP contribution >= 0.6 is 0 Å². The van der Waals surface area contributed by atoms with Crippen molar-refractivity contribution in [1.82, 2.24) is 9.62 Å². The Kier molecular flexibility index (Phi) is 7.04. The molecule has 0 saturated carbocycles. The molecule has 1 heterocycles. The average molecular weight is 407 g/mol. The van der Waals surface area contributed by atoms with E-state index in [4.69, 9.17) is 4.74 Å². The molecule has 1 atom stereocenters. The van der Waals surface area contributed by atoms with Crippen molar-refractivity contribution in [2.24, 2.45) is 0 Å². The Hall–Kier alpha value is -1.96. The zero-order valence-electron chi connectivity index (χ0n) is 16.1. The van der Waals surface area contributed by atoms with E-state index in [2.05, 4.69) is 9.62 Å². The van der Waals surface area contributed by atoms with Crippen LogP contribution in [0.1, 0.15) is 36.4 Å². The molecule has 0 amide bonds. The summed E-state index contributed by atoms with van der Waals surface area (Å²) >= 11 is 0. The average Bonchev–Trinajstić information content (AvgIpc) is 2.69. The number of halogens is 1. The third-order valence-corrected chi connectivity index (χ3v) is 6.39. The van der Waals surface area contributed by atoms with Gasteiger partial charge in [0.1, 0.15) is 11.6 Å². The van der Waals surface area contributed by atoms with E-state index in [-0.39, 0.29) is 18.3 Å². The first-order valence-electron chi connectivity index (χ1n) is 9.56. The fraction of sp³-hybridized carbons (Fsp3) is 0.429. The lowest BCUT2D eigenvalue weighted by Gasteiger charge is -2.35. The smallest absolute Gasteiger partial charge is 0.215 e. The van der Waals surface area contributed by atoms with Gasteiger partial charge in [-0.3, -0.25) is 4.90 Å². The molecule has 0 aromatic heterocycles. The fourth-order valence-corrected chi connectivity index (χ4v) is 4.75. The number of methoxy groups -OCH3 is 1. The second-order valence-corrected chi connectivity index (χ2v) is 8.93. The first kappa shape index (κ1) is 20.8. The largest absolute Gasteiger partial charge is 0.497 e. The number of benzene rings is 2. The molecule has 0 aliphatic carbocycles. The van der Waals surface area contributed by atoms with Crippen LogP contribution in [-0.4, -0.2) is 40.1 Å². The van der Waals surface area contributed by atoms with Gasteiger partial charge in [-0.15, -0.1) is 0 Å². The van der Waals surface area contributed by atoms with Gasteiger partial charge in [-0.05, 0) is 61.3 Å². The van der Waals surface area contributed by atoms with Gasteiger partial charge in [-0.1, -0.05) is 30.7 Å². The predicted octanol–water partition coefficient (Wildman–Crippen LogP) is 3.48.